The molecule has 1 unspecified atom stereocenters. The van der Waals surface area contributed by atoms with Gasteiger partial charge in [-0.05, 0) is 53.8 Å². The van der Waals surface area contributed by atoms with E-state index >= 15 is 0 Å². The fourth-order valence-corrected chi connectivity index (χ4v) is 5.40. The highest BCUT2D eigenvalue weighted by Gasteiger charge is 2.32. The zero-order valence-corrected chi connectivity index (χ0v) is 24.1. The van der Waals surface area contributed by atoms with Gasteiger partial charge in [0.2, 0.25) is 12.3 Å². The Kier molecular flexibility index (Phi) is 9.14. The van der Waals surface area contributed by atoms with Crippen LogP contribution in [0.15, 0.2) is 84.1 Å². The van der Waals surface area contributed by atoms with Crippen LogP contribution in [0.25, 0.3) is 17.1 Å². The summed E-state index contributed by atoms with van der Waals surface area (Å²) >= 11 is 1.30. The molecule has 0 radical (unpaired) electrons. The predicted octanol–water partition coefficient (Wildman–Crippen LogP) is 5.50. The second-order valence-electron chi connectivity index (χ2n) is 9.97. The number of thioether (sulfide) groups is 1. The Morgan fingerprint density at radius 3 is 2.49 bits per heavy atom. The van der Waals surface area contributed by atoms with Crippen molar-refractivity contribution in [2.45, 2.75) is 38.9 Å². The van der Waals surface area contributed by atoms with Crippen LogP contribution in [0, 0.1) is 0 Å². The molecule has 1 aliphatic rings. The van der Waals surface area contributed by atoms with Gasteiger partial charge in [0, 0.05) is 12.1 Å². The van der Waals surface area contributed by atoms with Crippen molar-refractivity contribution in [2.75, 3.05) is 17.2 Å². The number of nitrogens with zero attached hydrogens (tertiary/aromatic N) is 5. The van der Waals surface area contributed by atoms with Crippen molar-refractivity contribution in [3.8, 4) is 22.8 Å². The first-order valence-electron chi connectivity index (χ1n) is 13.5. The molecule has 4 aromatic rings. The number of rotatable bonds is 10. The van der Waals surface area contributed by atoms with Gasteiger partial charge < -0.3 is 9.84 Å². The molecule has 43 heavy (non-hydrogen) atoms. The number of halogens is 3. The van der Waals surface area contributed by atoms with Crippen LogP contribution in [0.5, 0.6) is 5.75 Å². The number of aliphatic imine (C=N–C) groups is 1. The molecule has 1 saturated heterocycles. The Labute approximate surface area is 250 Å². The fraction of sp³-hybridized carbons (Fsp3) is 0.267. The highest BCUT2D eigenvalue weighted by molar-refractivity contribution is 8.15. The summed E-state index contributed by atoms with van der Waals surface area (Å²) in [4.78, 5) is 22.9. The largest absolute Gasteiger partial charge is 0.573 e. The number of nitrogens with one attached hydrogen (secondary N) is 1. The van der Waals surface area contributed by atoms with E-state index in [-0.39, 0.29) is 23.3 Å². The van der Waals surface area contributed by atoms with Crippen LogP contribution in [0.1, 0.15) is 30.9 Å². The molecule has 5 rings (SSSR count). The molecule has 2 N–H and O–H groups in total. The normalized spacial score (nSPS) is 15.5. The second-order valence-corrected chi connectivity index (χ2v) is 10.9. The lowest BCUT2D eigenvalue weighted by molar-refractivity contribution is -0.274. The number of benzene rings is 3. The average molecular weight is 611 g/mol. The maximum atomic E-state index is 12.7. The fourth-order valence-electron chi connectivity index (χ4n) is 4.51. The van der Waals surface area contributed by atoms with E-state index in [1.54, 1.807) is 4.90 Å². The van der Waals surface area contributed by atoms with Gasteiger partial charge >= 0.3 is 6.36 Å². The summed E-state index contributed by atoms with van der Waals surface area (Å²) in [5, 5.41) is 18.4. The summed E-state index contributed by atoms with van der Waals surface area (Å²) in [5.41, 5.74) is 4.13. The lowest BCUT2D eigenvalue weighted by Crippen LogP contribution is -2.34. The third kappa shape index (κ3) is 7.61. The molecular formula is C30H29F3N6O3S. The molecule has 224 valence electrons. The number of amidine groups is 1. The summed E-state index contributed by atoms with van der Waals surface area (Å²) < 4.78 is 42.5. The van der Waals surface area contributed by atoms with E-state index in [0.29, 0.717) is 29.6 Å². The van der Waals surface area contributed by atoms with Gasteiger partial charge in [0.25, 0.3) is 0 Å². The first kappa shape index (κ1) is 30.3. The van der Waals surface area contributed by atoms with Gasteiger partial charge in [-0.25, -0.2) is 14.7 Å². The molecule has 13 heteroatoms. The van der Waals surface area contributed by atoms with Crippen LogP contribution < -0.4 is 15.0 Å². The minimum Gasteiger partial charge on any atom is -0.406 e. The number of aromatic nitrogens is 3. The number of anilines is 1. The molecule has 0 spiro atoms. The number of para-hydroxylation sites is 1. The van der Waals surface area contributed by atoms with Crippen molar-refractivity contribution in [2.24, 2.45) is 4.99 Å². The van der Waals surface area contributed by atoms with E-state index in [0.717, 1.165) is 22.4 Å². The topological polar surface area (TPSA) is 105 Å². The Hall–Kier alpha value is -4.20. The Morgan fingerprint density at radius 1 is 1.07 bits per heavy atom. The van der Waals surface area contributed by atoms with Gasteiger partial charge in [0.1, 0.15) is 12.1 Å². The average Bonchev–Trinajstić information content (AvgIpc) is 3.60. The van der Waals surface area contributed by atoms with Crippen molar-refractivity contribution < 1.29 is 27.8 Å². The zero-order valence-electron chi connectivity index (χ0n) is 23.3. The van der Waals surface area contributed by atoms with Gasteiger partial charge in [0.15, 0.2) is 11.0 Å². The van der Waals surface area contributed by atoms with Gasteiger partial charge in [0.05, 0.1) is 17.1 Å². The summed E-state index contributed by atoms with van der Waals surface area (Å²) in [6.45, 7) is 4.58. The van der Waals surface area contributed by atoms with Gasteiger partial charge in [-0.2, -0.15) is 0 Å². The highest BCUT2D eigenvalue weighted by atomic mass is 32.2. The maximum absolute atomic E-state index is 12.7. The molecule has 0 bridgehead atoms. The highest BCUT2D eigenvalue weighted by Crippen LogP contribution is 2.33. The molecule has 2 heterocycles. The van der Waals surface area contributed by atoms with Crippen molar-refractivity contribution in [1.82, 2.24) is 20.1 Å². The molecule has 9 nitrogen and oxygen atoms in total. The summed E-state index contributed by atoms with van der Waals surface area (Å²) in [7, 11) is 0. The van der Waals surface area contributed by atoms with Gasteiger partial charge in [-0.15, -0.1) is 18.3 Å². The van der Waals surface area contributed by atoms with E-state index in [9.17, 15) is 23.1 Å². The first-order chi connectivity index (χ1) is 20.6. The number of alkyl halides is 3. The molecule has 0 aliphatic carbocycles. The van der Waals surface area contributed by atoms with Crippen LogP contribution in [-0.4, -0.2) is 56.0 Å². The van der Waals surface area contributed by atoms with Crippen molar-refractivity contribution in [1.29, 1.82) is 0 Å². The summed E-state index contributed by atoms with van der Waals surface area (Å²) in [5.74, 6) is 0.555. The summed E-state index contributed by atoms with van der Waals surface area (Å²) in [6, 6.07) is 20.7. The van der Waals surface area contributed by atoms with Crippen molar-refractivity contribution >= 4 is 28.5 Å². The number of aliphatic hydroxyl groups excluding tert-OH is 1. The SMILES string of the molecule is CC(C)c1ccccc1N1C(=O)CSC1=NC(O)NCCc1ccc(-c2ncn(-c3ccc(OC(F)(F)F)cc3)n2)cc1. The lowest BCUT2D eigenvalue weighted by Gasteiger charge is -2.22. The quantitative estimate of drug-likeness (QED) is 0.229. The standard InChI is InChI=1S/C30H29F3N6O3S/c1-19(2)24-5-3-4-6-25(24)39-26(40)17-43-29(39)36-28(41)34-16-15-20-7-9-21(10-8-20)27-35-18-38(37-27)22-11-13-23(14-12-22)42-30(31,32)33/h3-14,18-19,28,34,41H,15-17H2,1-2H3. The second kappa shape index (κ2) is 13.0. The van der Waals surface area contributed by atoms with Crippen LogP contribution in [-0.2, 0) is 11.2 Å². The van der Waals surface area contributed by atoms with E-state index in [4.69, 9.17) is 0 Å². The number of ether oxygens (including phenoxy) is 1. The molecule has 1 fully saturated rings. The third-order valence-electron chi connectivity index (χ3n) is 6.58. The monoisotopic (exact) mass is 610 g/mol. The smallest absolute Gasteiger partial charge is 0.406 e. The molecule has 0 saturated carbocycles. The molecular weight excluding hydrogens is 581 g/mol. The molecule has 1 atom stereocenters. The zero-order chi connectivity index (χ0) is 30.6. The number of amides is 1. The Balaban J connectivity index is 1.16. The van der Waals surface area contributed by atoms with Gasteiger partial charge in [-0.3, -0.25) is 15.0 Å². The molecule has 1 aliphatic heterocycles. The molecule has 3 aromatic carbocycles. The van der Waals surface area contributed by atoms with E-state index in [1.165, 1.54) is 47.0 Å². The van der Waals surface area contributed by atoms with Crippen LogP contribution >= 0.6 is 11.8 Å². The van der Waals surface area contributed by atoms with E-state index in [2.05, 4.69) is 39.0 Å². The lowest BCUT2D eigenvalue weighted by atomic mass is 10.0. The minimum absolute atomic E-state index is 0.0723. The Morgan fingerprint density at radius 2 is 1.79 bits per heavy atom. The number of carbonyl (C=O) groups is 1. The van der Waals surface area contributed by atoms with Crippen molar-refractivity contribution in [3.05, 3.63) is 90.3 Å². The molecule has 1 aromatic heterocycles. The van der Waals surface area contributed by atoms with Gasteiger partial charge in [-0.1, -0.05) is 68.1 Å². The predicted molar refractivity (Wildman–Crippen MR) is 159 cm³/mol. The van der Waals surface area contributed by atoms with Crippen molar-refractivity contribution in [3.63, 3.8) is 0 Å². The minimum atomic E-state index is -4.75. The third-order valence-corrected chi connectivity index (χ3v) is 7.51. The Bertz CT molecular complexity index is 1590. The first-order valence-corrected chi connectivity index (χ1v) is 14.5. The molecule has 1 amide bonds. The number of hydrogen-bond donors (Lipinski definition) is 2. The van der Waals surface area contributed by atoms with E-state index in [1.807, 2.05) is 48.5 Å². The van der Waals surface area contributed by atoms with E-state index < -0.39 is 12.7 Å². The maximum Gasteiger partial charge on any atom is 0.573 e. The van der Waals surface area contributed by atoms with Crippen LogP contribution in [0.2, 0.25) is 0 Å². The van der Waals surface area contributed by atoms with Crippen LogP contribution in [0.3, 0.4) is 0 Å². The summed E-state index contributed by atoms with van der Waals surface area (Å²) in [6.07, 6.45) is -3.84. The number of carbonyl (C=O) groups excluding carboxylic acids is 1. The number of aliphatic hydroxyl groups is 1. The number of hydrogen-bond acceptors (Lipinski definition) is 8. The van der Waals surface area contributed by atoms with Crippen LogP contribution in [0.4, 0.5) is 18.9 Å².